The molecular weight excluding hydrogens is 331 g/mol. The second-order valence-corrected chi connectivity index (χ2v) is 7.11. The van der Waals surface area contributed by atoms with Crippen molar-refractivity contribution in [2.45, 2.75) is 25.7 Å². The maximum absolute atomic E-state index is 6.23. The van der Waals surface area contributed by atoms with E-state index in [-0.39, 0.29) is 0 Å². The molecule has 0 amide bonds. The van der Waals surface area contributed by atoms with Crippen LogP contribution in [0.3, 0.4) is 0 Å². The van der Waals surface area contributed by atoms with Gasteiger partial charge in [-0.3, -0.25) is 0 Å². The zero-order valence-electron chi connectivity index (χ0n) is 9.26. The summed E-state index contributed by atoms with van der Waals surface area (Å²) in [7, 11) is 0. The van der Waals surface area contributed by atoms with Gasteiger partial charge in [0, 0.05) is 9.45 Å². The van der Waals surface area contributed by atoms with Crippen LogP contribution in [0.2, 0.25) is 0 Å². The average Bonchev–Trinajstić information content (AvgIpc) is 2.91. The highest BCUT2D eigenvalue weighted by Gasteiger charge is 2.53. The molecule has 0 aliphatic heterocycles. The maximum Gasteiger partial charge on any atom is 0.0283 e. The Morgan fingerprint density at radius 1 is 1.19 bits per heavy atom. The predicted molar refractivity (Wildman–Crippen MR) is 76.8 cm³/mol. The fourth-order valence-electron chi connectivity index (χ4n) is 3.34. The fraction of sp³-hybridized carbons (Fsp3) is 0.571. The Balaban J connectivity index is 1.75. The number of hydrogen-bond donors (Lipinski definition) is 0. The molecule has 2 saturated carbocycles. The number of rotatable bonds is 3. The molecule has 2 atom stereocenters. The summed E-state index contributed by atoms with van der Waals surface area (Å²) in [6, 6.07) is 8.93. The quantitative estimate of drug-likeness (QED) is 0.559. The van der Waals surface area contributed by atoms with Crippen LogP contribution >= 0.6 is 34.2 Å². The van der Waals surface area contributed by atoms with Gasteiger partial charge in [-0.25, -0.2) is 0 Å². The first-order chi connectivity index (χ1) is 7.71. The van der Waals surface area contributed by atoms with Gasteiger partial charge in [-0.1, -0.05) is 12.1 Å². The summed E-state index contributed by atoms with van der Waals surface area (Å²) in [5.74, 6) is 2.87. The Kier molecular flexibility index (Phi) is 2.95. The van der Waals surface area contributed by atoms with Gasteiger partial charge in [0.25, 0.3) is 0 Å². The molecule has 0 nitrogen and oxygen atoms in total. The monoisotopic (exact) mass is 346 g/mol. The van der Waals surface area contributed by atoms with Crippen LogP contribution in [0.5, 0.6) is 0 Å². The van der Waals surface area contributed by atoms with Crippen LogP contribution in [0.4, 0.5) is 0 Å². The third-order valence-corrected chi connectivity index (χ3v) is 5.52. The molecule has 2 aliphatic rings. The van der Waals surface area contributed by atoms with Gasteiger partial charge in [0.1, 0.15) is 0 Å². The van der Waals surface area contributed by atoms with Gasteiger partial charge >= 0.3 is 0 Å². The topological polar surface area (TPSA) is 0 Å². The summed E-state index contributed by atoms with van der Waals surface area (Å²) in [4.78, 5) is 0. The molecular formula is C14H16ClI. The molecule has 0 bridgehead atoms. The van der Waals surface area contributed by atoms with Crippen molar-refractivity contribution in [3.05, 3.63) is 33.4 Å². The van der Waals surface area contributed by atoms with Gasteiger partial charge in [0.2, 0.25) is 0 Å². The highest BCUT2D eigenvalue weighted by molar-refractivity contribution is 14.1. The first kappa shape index (κ1) is 11.3. The van der Waals surface area contributed by atoms with Gasteiger partial charge in [-0.15, -0.1) is 11.6 Å². The molecule has 0 spiro atoms. The Hall–Kier alpha value is 0.240. The third-order valence-electron chi connectivity index (χ3n) is 4.24. The van der Waals surface area contributed by atoms with Crippen molar-refractivity contribution >= 4 is 34.2 Å². The highest BCUT2D eigenvalue weighted by atomic mass is 127. The molecule has 1 aromatic rings. The first-order valence-corrected chi connectivity index (χ1v) is 7.62. The number of fused-ring (bicyclic) bond motifs is 1. The molecule has 0 radical (unpaired) electrons. The number of benzene rings is 1. The minimum Gasteiger partial charge on any atom is -0.126 e. The third kappa shape index (κ3) is 2.13. The molecule has 0 saturated heterocycles. The molecule has 0 N–H and O–H groups in total. The minimum absolute atomic E-state index is 0.419. The predicted octanol–water partition coefficient (Wildman–Crippen LogP) is 4.49. The van der Waals surface area contributed by atoms with Crippen LogP contribution < -0.4 is 0 Å². The Morgan fingerprint density at radius 2 is 1.81 bits per heavy atom. The normalized spacial score (nSPS) is 36.1. The summed E-state index contributed by atoms with van der Waals surface area (Å²) in [5.41, 5.74) is 1.88. The van der Waals surface area contributed by atoms with Gasteiger partial charge < -0.3 is 0 Å². The van der Waals surface area contributed by atoms with E-state index in [0.717, 1.165) is 17.7 Å². The Morgan fingerprint density at radius 3 is 2.38 bits per heavy atom. The van der Waals surface area contributed by atoms with Crippen LogP contribution in [0.1, 0.15) is 24.8 Å². The number of alkyl halides is 1. The van der Waals surface area contributed by atoms with E-state index in [9.17, 15) is 0 Å². The van der Waals surface area contributed by atoms with Crippen molar-refractivity contribution in [3.63, 3.8) is 0 Å². The Labute approximate surface area is 116 Å². The SMILES string of the molecule is ClCC1(Cc2ccc(I)cc2)CC2CC2C1. The molecule has 2 unspecified atom stereocenters. The zero-order valence-corrected chi connectivity index (χ0v) is 12.2. The first-order valence-electron chi connectivity index (χ1n) is 6.01. The zero-order chi connectivity index (χ0) is 11.2. The summed E-state index contributed by atoms with van der Waals surface area (Å²) < 4.78 is 1.32. The van der Waals surface area contributed by atoms with Crippen molar-refractivity contribution in [3.8, 4) is 0 Å². The largest absolute Gasteiger partial charge is 0.126 e. The van der Waals surface area contributed by atoms with Crippen LogP contribution in [-0.4, -0.2) is 5.88 Å². The summed E-state index contributed by atoms with van der Waals surface area (Å²) >= 11 is 8.59. The summed E-state index contributed by atoms with van der Waals surface area (Å²) in [6.45, 7) is 0. The van der Waals surface area contributed by atoms with E-state index in [1.165, 1.54) is 34.8 Å². The van der Waals surface area contributed by atoms with E-state index in [1.54, 1.807) is 0 Å². The second-order valence-electron chi connectivity index (χ2n) is 5.60. The fourth-order valence-corrected chi connectivity index (χ4v) is 4.01. The number of halogens is 2. The molecule has 0 aromatic heterocycles. The summed E-state index contributed by atoms with van der Waals surface area (Å²) in [5, 5.41) is 0. The molecule has 86 valence electrons. The van der Waals surface area contributed by atoms with E-state index < -0.39 is 0 Å². The van der Waals surface area contributed by atoms with E-state index in [4.69, 9.17) is 11.6 Å². The molecule has 3 rings (SSSR count). The average molecular weight is 347 g/mol. The smallest absolute Gasteiger partial charge is 0.0283 e. The lowest BCUT2D eigenvalue weighted by molar-refractivity contribution is 0.303. The Bertz CT molecular complexity index is 374. The highest BCUT2D eigenvalue weighted by Crippen LogP contribution is 2.61. The standard InChI is InChI=1S/C14H16ClI/c15-9-14(7-11-5-12(11)8-14)6-10-1-3-13(16)4-2-10/h1-4,11-12H,5-9H2. The molecule has 2 aliphatic carbocycles. The molecule has 2 fully saturated rings. The molecule has 0 heterocycles. The van der Waals surface area contributed by atoms with E-state index in [1.807, 2.05) is 0 Å². The lowest BCUT2D eigenvalue weighted by Crippen LogP contribution is -2.23. The minimum atomic E-state index is 0.419. The molecule has 16 heavy (non-hydrogen) atoms. The van der Waals surface area contributed by atoms with E-state index in [0.29, 0.717) is 5.41 Å². The van der Waals surface area contributed by atoms with Gasteiger partial charge in [-0.05, 0) is 83.2 Å². The van der Waals surface area contributed by atoms with Gasteiger partial charge in [-0.2, -0.15) is 0 Å². The van der Waals surface area contributed by atoms with E-state index in [2.05, 4.69) is 46.9 Å². The van der Waals surface area contributed by atoms with Crippen LogP contribution in [0.15, 0.2) is 24.3 Å². The lowest BCUT2D eigenvalue weighted by Gasteiger charge is -2.28. The van der Waals surface area contributed by atoms with Crippen molar-refractivity contribution < 1.29 is 0 Å². The van der Waals surface area contributed by atoms with Gasteiger partial charge in [0.15, 0.2) is 0 Å². The lowest BCUT2D eigenvalue weighted by atomic mass is 9.79. The van der Waals surface area contributed by atoms with Crippen molar-refractivity contribution in [1.82, 2.24) is 0 Å². The van der Waals surface area contributed by atoms with E-state index >= 15 is 0 Å². The van der Waals surface area contributed by atoms with Crippen LogP contribution in [0.25, 0.3) is 0 Å². The maximum atomic E-state index is 6.23. The molecule has 1 aromatic carbocycles. The van der Waals surface area contributed by atoms with Gasteiger partial charge in [0.05, 0.1) is 0 Å². The van der Waals surface area contributed by atoms with Crippen LogP contribution in [-0.2, 0) is 6.42 Å². The van der Waals surface area contributed by atoms with Crippen molar-refractivity contribution in [1.29, 1.82) is 0 Å². The second kappa shape index (κ2) is 4.16. The van der Waals surface area contributed by atoms with Crippen molar-refractivity contribution in [2.24, 2.45) is 17.3 Å². The number of hydrogen-bond acceptors (Lipinski definition) is 0. The summed E-state index contributed by atoms with van der Waals surface area (Å²) in [6.07, 6.45) is 5.39. The molecule has 2 heteroatoms. The van der Waals surface area contributed by atoms with Crippen molar-refractivity contribution in [2.75, 3.05) is 5.88 Å². The van der Waals surface area contributed by atoms with Crippen LogP contribution in [0, 0.1) is 20.8 Å².